The standard InChI is InChI=1S/C16H15N3O3/c1-9-15(10(2)19(3)18-9)17-16(21)14-8-12(20)11-6-4-5-7-13(11)22-14/h4-8H,1-3H3,(H,17,21). The van der Waals surface area contributed by atoms with Crippen molar-refractivity contribution in [3.8, 4) is 0 Å². The van der Waals surface area contributed by atoms with Crippen LogP contribution in [-0.2, 0) is 7.05 Å². The molecule has 1 N–H and O–H groups in total. The number of carbonyl (C=O) groups excluding carboxylic acids is 1. The highest BCUT2D eigenvalue weighted by molar-refractivity contribution is 6.03. The summed E-state index contributed by atoms with van der Waals surface area (Å²) in [6.45, 7) is 3.66. The smallest absolute Gasteiger partial charge is 0.291 e. The first-order valence-electron chi connectivity index (χ1n) is 6.82. The van der Waals surface area contributed by atoms with Gasteiger partial charge in [0.1, 0.15) is 5.58 Å². The first-order valence-corrected chi connectivity index (χ1v) is 6.82. The Balaban J connectivity index is 2.01. The van der Waals surface area contributed by atoms with Crippen LogP contribution in [0.1, 0.15) is 21.9 Å². The lowest BCUT2D eigenvalue weighted by molar-refractivity contribution is 0.0997. The number of amides is 1. The van der Waals surface area contributed by atoms with Crippen LogP contribution in [0.3, 0.4) is 0 Å². The molecule has 0 aliphatic heterocycles. The summed E-state index contributed by atoms with van der Waals surface area (Å²) in [4.78, 5) is 24.4. The number of aryl methyl sites for hydroxylation is 2. The molecule has 22 heavy (non-hydrogen) atoms. The molecule has 0 atom stereocenters. The van der Waals surface area contributed by atoms with Gasteiger partial charge in [0.05, 0.1) is 22.5 Å². The Morgan fingerprint density at radius 3 is 2.68 bits per heavy atom. The lowest BCUT2D eigenvalue weighted by atomic mass is 10.2. The van der Waals surface area contributed by atoms with Gasteiger partial charge in [0.15, 0.2) is 11.2 Å². The van der Waals surface area contributed by atoms with Gasteiger partial charge in [0.2, 0.25) is 0 Å². The molecule has 1 amide bonds. The van der Waals surface area contributed by atoms with Crippen molar-refractivity contribution in [3.63, 3.8) is 0 Å². The van der Waals surface area contributed by atoms with Gasteiger partial charge in [-0.25, -0.2) is 0 Å². The van der Waals surface area contributed by atoms with E-state index < -0.39 is 5.91 Å². The van der Waals surface area contributed by atoms with Crippen molar-refractivity contribution in [2.75, 3.05) is 5.32 Å². The average Bonchev–Trinajstić information content (AvgIpc) is 2.73. The fourth-order valence-corrected chi connectivity index (χ4v) is 2.35. The number of nitrogens with one attached hydrogen (secondary N) is 1. The van der Waals surface area contributed by atoms with Crippen LogP contribution in [0.5, 0.6) is 0 Å². The molecule has 2 aromatic heterocycles. The van der Waals surface area contributed by atoms with Crippen molar-refractivity contribution in [2.24, 2.45) is 7.05 Å². The molecule has 3 rings (SSSR count). The maximum atomic E-state index is 12.3. The molecule has 6 heteroatoms. The normalized spacial score (nSPS) is 10.9. The first-order chi connectivity index (χ1) is 10.5. The second-order valence-corrected chi connectivity index (χ2v) is 5.09. The molecule has 0 aliphatic rings. The maximum absolute atomic E-state index is 12.3. The molecule has 112 valence electrons. The van der Waals surface area contributed by atoms with Gasteiger partial charge < -0.3 is 9.73 Å². The Bertz CT molecular complexity index is 937. The van der Waals surface area contributed by atoms with Crippen molar-refractivity contribution in [1.82, 2.24) is 9.78 Å². The van der Waals surface area contributed by atoms with Crippen LogP contribution in [-0.4, -0.2) is 15.7 Å². The number of anilines is 1. The van der Waals surface area contributed by atoms with E-state index in [1.807, 2.05) is 6.92 Å². The third kappa shape index (κ3) is 2.28. The molecular weight excluding hydrogens is 282 g/mol. The molecule has 0 bridgehead atoms. The van der Waals surface area contributed by atoms with Crippen molar-refractivity contribution in [2.45, 2.75) is 13.8 Å². The zero-order valence-corrected chi connectivity index (χ0v) is 12.5. The SMILES string of the molecule is Cc1nn(C)c(C)c1NC(=O)c1cc(=O)c2ccccc2o1. The minimum atomic E-state index is -0.470. The second kappa shape index (κ2) is 5.14. The van der Waals surface area contributed by atoms with Gasteiger partial charge in [0, 0.05) is 13.1 Å². The molecular formula is C16H15N3O3. The highest BCUT2D eigenvalue weighted by atomic mass is 16.3. The number of benzene rings is 1. The second-order valence-electron chi connectivity index (χ2n) is 5.09. The van der Waals surface area contributed by atoms with E-state index in [2.05, 4.69) is 10.4 Å². The lowest BCUT2D eigenvalue weighted by Crippen LogP contribution is -2.15. The van der Waals surface area contributed by atoms with Gasteiger partial charge in [-0.3, -0.25) is 14.3 Å². The molecule has 0 unspecified atom stereocenters. The van der Waals surface area contributed by atoms with Crippen LogP contribution in [0.15, 0.2) is 39.5 Å². The van der Waals surface area contributed by atoms with Crippen LogP contribution < -0.4 is 10.7 Å². The van der Waals surface area contributed by atoms with E-state index in [4.69, 9.17) is 4.42 Å². The third-order valence-electron chi connectivity index (χ3n) is 3.61. The minimum absolute atomic E-state index is 0.0219. The fourth-order valence-electron chi connectivity index (χ4n) is 2.35. The van der Waals surface area contributed by atoms with Gasteiger partial charge >= 0.3 is 0 Å². The number of hydrogen-bond donors (Lipinski definition) is 1. The van der Waals surface area contributed by atoms with Crippen LogP contribution in [0.2, 0.25) is 0 Å². The minimum Gasteiger partial charge on any atom is -0.451 e. The van der Waals surface area contributed by atoms with Crippen LogP contribution >= 0.6 is 0 Å². The number of para-hydroxylation sites is 1. The Morgan fingerprint density at radius 2 is 2.00 bits per heavy atom. The van der Waals surface area contributed by atoms with E-state index in [-0.39, 0.29) is 11.2 Å². The summed E-state index contributed by atoms with van der Waals surface area (Å²) < 4.78 is 7.21. The van der Waals surface area contributed by atoms with E-state index in [0.29, 0.717) is 22.4 Å². The summed E-state index contributed by atoms with van der Waals surface area (Å²) in [5.41, 5.74) is 2.31. The molecule has 0 spiro atoms. The molecule has 0 radical (unpaired) electrons. The zero-order valence-electron chi connectivity index (χ0n) is 12.5. The predicted molar refractivity (Wildman–Crippen MR) is 83.1 cm³/mol. The Labute approximate surface area is 126 Å². The molecule has 2 heterocycles. The molecule has 0 fully saturated rings. The monoisotopic (exact) mass is 297 g/mol. The fraction of sp³-hybridized carbons (Fsp3) is 0.188. The largest absolute Gasteiger partial charge is 0.451 e. The number of nitrogens with zero attached hydrogens (tertiary/aromatic N) is 2. The summed E-state index contributed by atoms with van der Waals surface area (Å²) in [5.74, 6) is -0.492. The topological polar surface area (TPSA) is 77.1 Å². The molecule has 6 nitrogen and oxygen atoms in total. The number of fused-ring (bicyclic) bond motifs is 1. The highest BCUT2D eigenvalue weighted by Gasteiger charge is 2.16. The van der Waals surface area contributed by atoms with E-state index >= 15 is 0 Å². The summed E-state index contributed by atoms with van der Waals surface area (Å²) >= 11 is 0. The van der Waals surface area contributed by atoms with Crippen LogP contribution in [0.25, 0.3) is 11.0 Å². The van der Waals surface area contributed by atoms with Crippen LogP contribution in [0.4, 0.5) is 5.69 Å². The molecule has 0 saturated heterocycles. The Hall–Kier alpha value is -2.89. The predicted octanol–water partition coefficient (Wildman–Crippen LogP) is 2.40. The Morgan fingerprint density at radius 1 is 1.27 bits per heavy atom. The molecule has 1 aromatic carbocycles. The van der Waals surface area contributed by atoms with E-state index in [0.717, 1.165) is 5.69 Å². The van der Waals surface area contributed by atoms with Crippen molar-refractivity contribution in [3.05, 3.63) is 57.7 Å². The lowest BCUT2D eigenvalue weighted by Gasteiger charge is -2.06. The third-order valence-corrected chi connectivity index (χ3v) is 3.61. The number of aromatic nitrogens is 2. The van der Waals surface area contributed by atoms with Crippen molar-refractivity contribution < 1.29 is 9.21 Å². The summed E-state index contributed by atoms with van der Waals surface area (Å²) in [6.07, 6.45) is 0. The summed E-state index contributed by atoms with van der Waals surface area (Å²) in [6, 6.07) is 8.04. The molecule has 0 aliphatic carbocycles. The highest BCUT2D eigenvalue weighted by Crippen LogP contribution is 2.20. The first kappa shape index (κ1) is 14.1. The summed E-state index contributed by atoms with van der Waals surface area (Å²) in [5, 5.41) is 7.44. The van der Waals surface area contributed by atoms with Crippen molar-refractivity contribution >= 4 is 22.6 Å². The van der Waals surface area contributed by atoms with E-state index in [1.165, 1.54) is 6.07 Å². The van der Waals surface area contributed by atoms with E-state index in [1.54, 1.807) is 42.9 Å². The van der Waals surface area contributed by atoms with Gasteiger partial charge in [-0.05, 0) is 26.0 Å². The van der Waals surface area contributed by atoms with E-state index in [9.17, 15) is 9.59 Å². The van der Waals surface area contributed by atoms with Crippen LogP contribution in [0, 0.1) is 13.8 Å². The Kier molecular flexibility index (Phi) is 3.29. The number of carbonyl (C=O) groups is 1. The van der Waals surface area contributed by atoms with Crippen molar-refractivity contribution in [1.29, 1.82) is 0 Å². The van der Waals surface area contributed by atoms with Gasteiger partial charge in [0.25, 0.3) is 5.91 Å². The maximum Gasteiger partial charge on any atom is 0.291 e. The van der Waals surface area contributed by atoms with Gasteiger partial charge in [-0.15, -0.1) is 0 Å². The van der Waals surface area contributed by atoms with Gasteiger partial charge in [-0.2, -0.15) is 5.10 Å². The summed E-state index contributed by atoms with van der Waals surface area (Å²) in [7, 11) is 1.80. The average molecular weight is 297 g/mol. The zero-order chi connectivity index (χ0) is 15.9. The molecule has 0 saturated carbocycles. The quantitative estimate of drug-likeness (QED) is 0.788. The van der Waals surface area contributed by atoms with Gasteiger partial charge in [-0.1, -0.05) is 12.1 Å². The number of hydrogen-bond acceptors (Lipinski definition) is 4. The number of rotatable bonds is 2. The molecule has 3 aromatic rings.